The summed E-state index contributed by atoms with van der Waals surface area (Å²) >= 11 is 0. The first kappa shape index (κ1) is 13.8. The van der Waals surface area contributed by atoms with E-state index in [1.807, 2.05) is 0 Å². The molecule has 0 bridgehead atoms. The van der Waals surface area contributed by atoms with Gasteiger partial charge in [0.1, 0.15) is 0 Å². The van der Waals surface area contributed by atoms with Crippen LogP contribution in [-0.4, -0.2) is 34.5 Å². The van der Waals surface area contributed by atoms with Gasteiger partial charge in [-0.2, -0.15) is 0 Å². The Morgan fingerprint density at radius 3 is 2.35 bits per heavy atom. The van der Waals surface area contributed by atoms with Crippen molar-refractivity contribution in [1.82, 2.24) is 14.5 Å². The number of amides is 1. The van der Waals surface area contributed by atoms with Crippen molar-refractivity contribution in [2.24, 2.45) is 0 Å². The van der Waals surface area contributed by atoms with Crippen LogP contribution < -0.4 is 11.2 Å². The Balaban J connectivity index is 2.26. The zero-order valence-electron chi connectivity index (χ0n) is 11.3. The van der Waals surface area contributed by atoms with Crippen LogP contribution in [0.1, 0.15) is 15.9 Å². The third-order valence-corrected chi connectivity index (χ3v) is 2.89. The summed E-state index contributed by atoms with van der Waals surface area (Å²) in [6.07, 6.45) is 1.32. The highest BCUT2D eigenvalue weighted by Crippen LogP contribution is 2.06. The van der Waals surface area contributed by atoms with Crippen molar-refractivity contribution in [2.45, 2.75) is 6.54 Å². The molecule has 1 N–H and O–H groups in total. The van der Waals surface area contributed by atoms with E-state index in [-0.39, 0.29) is 18.0 Å². The van der Waals surface area contributed by atoms with Gasteiger partial charge in [-0.3, -0.25) is 14.2 Å². The predicted octanol–water partition coefficient (Wildman–Crippen LogP) is 0.287. The number of nitrogens with zero attached hydrogens (tertiary/aromatic N) is 2. The Hall–Kier alpha value is -2.63. The molecule has 0 unspecified atom stereocenters. The summed E-state index contributed by atoms with van der Waals surface area (Å²) in [5.41, 5.74) is 0.528. The lowest BCUT2D eigenvalue weighted by Crippen LogP contribution is -2.34. The van der Waals surface area contributed by atoms with E-state index < -0.39 is 5.69 Å². The minimum atomic E-state index is -0.453. The van der Waals surface area contributed by atoms with E-state index in [4.69, 9.17) is 0 Å². The minimum Gasteiger partial charge on any atom is -0.345 e. The second kappa shape index (κ2) is 5.56. The molecule has 2 rings (SSSR count). The standard InChI is InChI=1S/C14H15N3O3/c1-16(2)13(19)11-5-3-10(4-6-11)9-17-12(18)7-8-15-14(17)20/h3-8H,9H2,1-2H3,(H,15,20). The van der Waals surface area contributed by atoms with Crippen LogP contribution in [0.2, 0.25) is 0 Å². The van der Waals surface area contributed by atoms with E-state index in [2.05, 4.69) is 4.98 Å². The van der Waals surface area contributed by atoms with Gasteiger partial charge in [-0.1, -0.05) is 12.1 Å². The second-order valence-electron chi connectivity index (χ2n) is 4.60. The number of benzene rings is 1. The summed E-state index contributed by atoms with van der Waals surface area (Å²) in [5, 5.41) is 0. The number of rotatable bonds is 3. The lowest BCUT2D eigenvalue weighted by atomic mass is 10.1. The fourth-order valence-corrected chi connectivity index (χ4v) is 1.80. The lowest BCUT2D eigenvalue weighted by Gasteiger charge is -2.10. The number of aromatic nitrogens is 2. The molecule has 0 atom stereocenters. The van der Waals surface area contributed by atoms with Gasteiger partial charge in [0.25, 0.3) is 11.5 Å². The Labute approximate surface area is 115 Å². The van der Waals surface area contributed by atoms with Gasteiger partial charge >= 0.3 is 5.69 Å². The third-order valence-electron chi connectivity index (χ3n) is 2.89. The molecule has 1 amide bonds. The molecule has 0 fully saturated rings. The molecule has 2 aromatic rings. The second-order valence-corrected chi connectivity index (χ2v) is 4.60. The molecular formula is C14H15N3O3. The summed E-state index contributed by atoms with van der Waals surface area (Å²) in [6, 6.07) is 8.12. The highest BCUT2D eigenvalue weighted by molar-refractivity contribution is 5.93. The van der Waals surface area contributed by atoms with Crippen molar-refractivity contribution in [3.63, 3.8) is 0 Å². The highest BCUT2D eigenvalue weighted by Gasteiger charge is 2.08. The van der Waals surface area contributed by atoms with Crippen molar-refractivity contribution < 1.29 is 4.79 Å². The smallest absolute Gasteiger partial charge is 0.328 e. The SMILES string of the molecule is CN(C)C(=O)c1ccc(Cn2c(=O)cc[nH]c2=O)cc1. The first-order valence-electron chi connectivity index (χ1n) is 6.08. The van der Waals surface area contributed by atoms with Gasteiger partial charge in [0.15, 0.2) is 0 Å². The van der Waals surface area contributed by atoms with Crippen LogP contribution in [0, 0.1) is 0 Å². The van der Waals surface area contributed by atoms with E-state index in [9.17, 15) is 14.4 Å². The molecule has 0 saturated heterocycles. The van der Waals surface area contributed by atoms with E-state index in [1.165, 1.54) is 17.2 Å². The fraction of sp³-hybridized carbons (Fsp3) is 0.214. The Morgan fingerprint density at radius 1 is 1.15 bits per heavy atom. The van der Waals surface area contributed by atoms with Crippen LogP contribution in [0.4, 0.5) is 0 Å². The van der Waals surface area contributed by atoms with Crippen molar-refractivity contribution in [2.75, 3.05) is 14.1 Å². The molecule has 0 radical (unpaired) electrons. The summed E-state index contributed by atoms with van der Waals surface area (Å²) in [6.45, 7) is 0.172. The van der Waals surface area contributed by atoms with Crippen LogP contribution in [0.25, 0.3) is 0 Å². The maximum Gasteiger partial charge on any atom is 0.328 e. The molecule has 0 saturated carbocycles. The summed E-state index contributed by atoms with van der Waals surface area (Å²) in [4.78, 5) is 38.8. The average molecular weight is 273 g/mol. The minimum absolute atomic E-state index is 0.0914. The van der Waals surface area contributed by atoms with Gasteiger partial charge in [0, 0.05) is 31.9 Å². The fourth-order valence-electron chi connectivity index (χ4n) is 1.80. The van der Waals surface area contributed by atoms with Gasteiger partial charge in [-0.05, 0) is 17.7 Å². The molecule has 6 nitrogen and oxygen atoms in total. The van der Waals surface area contributed by atoms with Crippen molar-refractivity contribution in [3.05, 3.63) is 68.5 Å². The number of hydrogen-bond acceptors (Lipinski definition) is 3. The molecule has 1 aromatic heterocycles. The Bertz CT molecular complexity index is 698. The molecule has 0 aliphatic rings. The lowest BCUT2D eigenvalue weighted by molar-refractivity contribution is 0.0827. The topological polar surface area (TPSA) is 75.2 Å². The molecule has 6 heteroatoms. The number of carbonyl (C=O) groups is 1. The molecule has 0 aliphatic heterocycles. The monoisotopic (exact) mass is 273 g/mol. The van der Waals surface area contributed by atoms with E-state index >= 15 is 0 Å². The summed E-state index contributed by atoms with van der Waals surface area (Å²) < 4.78 is 1.10. The number of carbonyl (C=O) groups excluding carboxylic acids is 1. The van der Waals surface area contributed by atoms with Gasteiger partial charge in [0.05, 0.1) is 6.54 Å². The molecule has 0 spiro atoms. The van der Waals surface area contributed by atoms with Crippen LogP contribution in [0.15, 0.2) is 46.1 Å². The number of aromatic amines is 1. The molecule has 1 heterocycles. The van der Waals surface area contributed by atoms with Gasteiger partial charge in [-0.15, -0.1) is 0 Å². The third kappa shape index (κ3) is 2.85. The normalized spacial score (nSPS) is 10.3. The zero-order chi connectivity index (χ0) is 14.7. The van der Waals surface area contributed by atoms with Crippen molar-refractivity contribution in [1.29, 1.82) is 0 Å². The first-order valence-corrected chi connectivity index (χ1v) is 6.08. The quantitative estimate of drug-likeness (QED) is 0.873. The molecule has 104 valence electrons. The molecule has 1 aromatic carbocycles. The van der Waals surface area contributed by atoms with E-state index in [0.717, 1.165) is 10.1 Å². The van der Waals surface area contributed by atoms with E-state index in [0.29, 0.717) is 5.56 Å². The number of hydrogen-bond donors (Lipinski definition) is 1. The maximum absolute atomic E-state index is 11.7. The summed E-state index contributed by atoms with van der Waals surface area (Å²) in [5.74, 6) is -0.0914. The number of nitrogens with one attached hydrogen (secondary N) is 1. The van der Waals surface area contributed by atoms with Crippen LogP contribution in [0.3, 0.4) is 0 Å². The average Bonchev–Trinajstić information content (AvgIpc) is 2.43. The summed E-state index contributed by atoms with van der Waals surface area (Å²) in [7, 11) is 3.36. The van der Waals surface area contributed by atoms with Crippen molar-refractivity contribution in [3.8, 4) is 0 Å². The van der Waals surface area contributed by atoms with Gasteiger partial charge in [0.2, 0.25) is 0 Å². The van der Waals surface area contributed by atoms with Gasteiger partial charge in [-0.25, -0.2) is 4.79 Å². The van der Waals surface area contributed by atoms with E-state index in [1.54, 1.807) is 38.4 Å². The zero-order valence-corrected chi connectivity index (χ0v) is 11.3. The predicted molar refractivity (Wildman–Crippen MR) is 74.9 cm³/mol. The molecule has 0 aliphatic carbocycles. The van der Waals surface area contributed by atoms with Crippen LogP contribution >= 0.6 is 0 Å². The first-order chi connectivity index (χ1) is 9.49. The molecular weight excluding hydrogens is 258 g/mol. The Morgan fingerprint density at radius 2 is 1.80 bits per heavy atom. The highest BCUT2D eigenvalue weighted by atomic mass is 16.2. The maximum atomic E-state index is 11.7. The van der Waals surface area contributed by atoms with Gasteiger partial charge < -0.3 is 9.88 Å². The molecule has 20 heavy (non-hydrogen) atoms. The Kier molecular flexibility index (Phi) is 3.84. The van der Waals surface area contributed by atoms with Crippen molar-refractivity contribution >= 4 is 5.91 Å². The van der Waals surface area contributed by atoms with Crippen LogP contribution in [0.5, 0.6) is 0 Å². The number of H-pyrrole nitrogens is 1. The van der Waals surface area contributed by atoms with Crippen LogP contribution in [-0.2, 0) is 6.54 Å². The largest absolute Gasteiger partial charge is 0.345 e.